The molecule has 0 amide bonds. The van der Waals surface area contributed by atoms with Crippen molar-refractivity contribution in [1.29, 1.82) is 0 Å². The van der Waals surface area contributed by atoms with Crippen LogP contribution in [0.15, 0.2) is 58.0 Å². The minimum absolute atomic E-state index is 0.411. The summed E-state index contributed by atoms with van der Waals surface area (Å²) in [6, 6.07) is 12.9. The maximum atomic E-state index is 13.1. The van der Waals surface area contributed by atoms with Gasteiger partial charge in [-0.25, -0.2) is 0 Å². The third-order valence-electron chi connectivity index (χ3n) is 3.88. The highest BCUT2D eigenvalue weighted by atomic mass is 79.9. The summed E-state index contributed by atoms with van der Waals surface area (Å²) in [4.78, 5) is 4.81. The highest BCUT2D eigenvalue weighted by Crippen LogP contribution is 2.49. The lowest BCUT2D eigenvalue weighted by Crippen LogP contribution is -2.42. The van der Waals surface area contributed by atoms with Crippen molar-refractivity contribution in [1.82, 2.24) is 4.98 Å². The number of benzene rings is 2. The molecule has 0 bridgehead atoms. The van der Waals surface area contributed by atoms with Gasteiger partial charge in [0.2, 0.25) is 0 Å². The van der Waals surface area contributed by atoms with Gasteiger partial charge in [0.05, 0.1) is 16.1 Å². The first-order chi connectivity index (χ1) is 10.4. The topological polar surface area (TPSA) is 62.2 Å². The van der Waals surface area contributed by atoms with Crippen LogP contribution in [0.5, 0.6) is 0 Å². The molecule has 6 heteroatoms. The fraction of sp³-hybridized carbons (Fsp3) is 0.0625. The van der Waals surface area contributed by atoms with Gasteiger partial charge >= 0.3 is 0 Å². The zero-order valence-corrected chi connectivity index (χ0v) is 14.1. The lowest BCUT2D eigenvalue weighted by Gasteiger charge is -2.45. The Morgan fingerprint density at radius 3 is 2.77 bits per heavy atom. The fourth-order valence-electron chi connectivity index (χ4n) is 2.92. The first kappa shape index (κ1) is 13.9. The average Bonchev–Trinajstić information content (AvgIpc) is 2.49. The number of hydrogen-bond donors (Lipinski definition) is 2. The van der Waals surface area contributed by atoms with Crippen LogP contribution in [0, 0.1) is 0 Å². The van der Waals surface area contributed by atoms with E-state index in [-0.39, 0.29) is 0 Å². The zero-order chi connectivity index (χ0) is 15.6. The average molecular weight is 377 g/mol. The molecule has 0 saturated carbocycles. The molecular weight excluding hydrogens is 364 g/mol. The third kappa shape index (κ3) is 1.84. The summed E-state index contributed by atoms with van der Waals surface area (Å²) >= 11 is 3.57. The molecule has 0 spiro atoms. The van der Waals surface area contributed by atoms with Crippen molar-refractivity contribution < 1.29 is 8.76 Å². The Hall–Kier alpha value is -1.76. The van der Waals surface area contributed by atoms with Crippen LogP contribution >= 0.6 is 15.9 Å². The van der Waals surface area contributed by atoms with Crippen molar-refractivity contribution in [3.8, 4) is 11.1 Å². The Labute approximate surface area is 136 Å². The summed E-state index contributed by atoms with van der Waals surface area (Å²) in [7, 11) is -4.16. The number of fused-ring (bicyclic) bond motifs is 5. The van der Waals surface area contributed by atoms with E-state index in [4.69, 9.17) is 0 Å². The molecule has 0 radical (unpaired) electrons. The lowest BCUT2D eigenvalue weighted by molar-refractivity contribution is 0.526. The minimum Gasteiger partial charge on any atom is -0.283 e. The smallest absolute Gasteiger partial charge is 0.0966 e. The Morgan fingerprint density at radius 1 is 1.18 bits per heavy atom. The number of nitrogens with zero attached hydrogens (tertiary/aromatic N) is 1. The van der Waals surface area contributed by atoms with E-state index < -0.39 is 9.53 Å². The van der Waals surface area contributed by atoms with Gasteiger partial charge in [0.25, 0.3) is 0 Å². The highest BCUT2D eigenvalue weighted by molar-refractivity contribution is 9.10. The van der Waals surface area contributed by atoms with Crippen LogP contribution in [0.2, 0.25) is 0 Å². The third-order valence-corrected chi connectivity index (χ3v) is 6.61. The molecule has 22 heavy (non-hydrogen) atoms. The van der Waals surface area contributed by atoms with Gasteiger partial charge in [-0.1, -0.05) is 40.2 Å². The minimum atomic E-state index is -4.16. The zero-order valence-electron chi connectivity index (χ0n) is 11.7. The second kappa shape index (κ2) is 4.16. The van der Waals surface area contributed by atoms with Gasteiger partial charge in [-0.3, -0.25) is 14.3 Å². The Bertz CT molecular complexity index is 1010. The molecule has 112 valence electrons. The summed E-state index contributed by atoms with van der Waals surface area (Å²) < 4.78 is 27.7. The largest absolute Gasteiger partial charge is 0.283 e. The van der Waals surface area contributed by atoms with Crippen LogP contribution in [-0.4, -0.2) is 20.0 Å². The SMILES string of the molecule is CS1(=O)(O)Nc2c(cc(Br)c3cccnc23)-c2ccccc21. The molecule has 4 nitrogen and oxygen atoms in total. The molecule has 1 aromatic heterocycles. The summed E-state index contributed by atoms with van der Waals surface area (Å²) in [6.45, 7) is 0. The maximum Gasteiger partial charge on any atom is 0.0966 e. The normalized spacial score (nSPS) is 19.3. The number of pyridine rings is 1. The fourth-order valence-corrected chi connectivity index (χ4v) is 5.36. The van der Waals surface area contributed by atoms with Crippen molar-refractivity contribution in [2.75, 3.05) is 11.0 Å². The number of aromatic nitrogens is 1. The van der Waals surface area contributed by atoms with Gasteiger partial charge in [-0.15, -0.1) is 9.53 Å². The van der Waals surface area contributed by atoms with Crippen LogP contribution in [0.4, 0.5) is 5.69 Å². The second-order valence-corrected chi connectivity index (χ2v) is 9.63. The molecule has 1 aliphatic heterocycles. The molecule has 2 N–H and O–H groups in total. The molecule has 0 atom stereocenters. The van der Waals surface area contributed by atoms with Crippen LogP contribution in [0.3, 0.4) is 0 Å². The van der Waals surface area contributed by atoms with Crippen molar-refractivity contribution in [3.05, 3.63) is 53.1 Å². The standard InChI is InChI=1S/C16H13BrN2O2S/c1-22(20,21)14-7-3-2-5-10(14)12-9-13(17)11-6-4-8-18-15(11)16(12)19-22/h2-9H,1H3,(H2,19,20,21). The Morgan fingerprint density at radius 2 is 1.95 bits per heavy atom. The van der Waals surface area contributed by atoms with Gasteiger partial charge in [0.15, 0.2) is 0 Å². The van der Waals surface area contributed by atoms with E-state index in [1.165, 1.54) is 6.26 Å². The van der Waals surface area contributed by atoms with Gasteiger partial charge in [0, 0.05) is 33.4 Å². The molecule has 0 saturated heterocycles. The maximum absolute atomic E-state index is 13.1. The molecule has 0 unspecified atom stereocenters. The van der Waals surface area contributed by atoms with Crippen LogP contribution in [-0.2, 0) is 9.53 Å². The molecule has 2 aromatic carbocycles. The Balaban J connectivity index is 2.21. The summed E-state index contributed by atoms with van der Waals surface area (Å²) in [5.74, 6) is 0. The number of anilines is 1. The quantitative estimate of drug-likeness (QED) is 0.615. The van der Waals surface area contributed by atoms with E-state index in [2.05, 4.69) is 25.6 Å². The highest BCUT2D eigenvalue weighted by Gasteiger charge is 2.34. The second-order valence-electron chi connectivity index (χ2n) is 5.56. The van der Waals surface area contributed by atoms with E-state index in [0.29, 0.717) is 16.1 Å². The van der Waals surface area contributed by atoms with E-state index in [9.17, 15) is 8.76 Å². The van der Waals surface area contributed by atoms with E-state index in [1.807, 2.05) is 30.3 Å². The first-order valence-electron chi connectivity index (χ1n) is 6.70. The predicted octanol–water partition coefficient (Wildman–Crippen LogP) is 4.29. The first-order valence-corrected chi connectivity index (χ1v) is 9.82. The van der Waals surface area contributed by atoms with Crippen molar-refractivity contribution in [3.63, 3.8) is 0 Å². The monoisotopic (exact) mass is 376 g/mol. The summed E-state index contributed by atoms with van der Waals surface area (Å²) in [5.41, 5.74) is 2.90. The molecular formula is C16H13BrN2O2S. The molecule has 2 heterocycles. The van der Waals surface area contributed by atoms with Gasteiger partial charge in [0.1, 0.15) is 0 Å². The lowest BCUT2D eigenvalue weighted by atomic mass is 10.0. The van der Waals surface area contributed by atoms with Crippen molar-refractivity contribution >= 4 is 42.1 Å². The number of rotatable bonds is 0. The van der Waals surface area contributed by atoms with E-state index in [1.54, 1.807) is 18.3 Å². The van der Waals surface area contributed by atoms with Crippen LogP contribution < -0.4 is 4.72 Å². The summed E-state index contributed by atoms with van der Waals surface area (Å²) in [6.07, 6.45) is 3.03. The number of hydrogen-bond acceptors (Lipinski definition) is 2. The number of halogens is 1. The summed E-state index contributed by atoms with van der Waals surface area (Å²) in [5, 5.41) is 0.899. The van der Waals surface area contributed by atoms with Crippen LogP contribution in [0.25, 0.3) is 22.0 Å². The van der Waals surface area contributed by atoms with E-state index >= 15 is 0 Å². The van der Waals surface area contributed by atoms with Crippen molar-refractivity contribution in [2.24, 2.45) is 0 Å². The van der Waals surface area contributed by atoms with Gasteiger partial charge in [-0.2, -0.15) is 4.21 Å². The van der Waals surface area contributed by atoms with Gasteiger partial charge in [-0.05, 0) is 18.2 Å². The molecule has 0 aliphatic carbocycles. The molecule has 3 aromatic rings. The van der Waals surface area contributed by atoms with E-state index in [0.717, 1.165) is 21.0 Å². The number of nitrogens with one attached hydrogen (secondary N) is 1. The molecule has 4 rings (SSSR count). The molecule has 0 fully saturated rings. The van der Waals surface area contributed by atoms with Crippen LogP contribution in [0.1, 0.15) is 0 Å². The predicted molar refractivity (Wildman–Crippen MR) is 93.5 cm³/mol. The van der Waals surface area contributed by atoms with Gasteiger partial charge < -0.3 is 0 Å². The van der Waals surface area contributed by atoms with Crippen molar-refractivity contribution in [2.45, 2.75) is 4.90 Å². The molecule has 1 aliphatic rings. The Kier molecular flexibility index (Phi) is 2.62.